The van der Waals surface area contributed by atoms with Crippen molar-refractivity contribution in [2.75, 3.05) is 6.61 Å². The van der Waals surface area contributed by atoms with Gasteiger partial charge in [-0.1, -0.05) is 6.07 Å². The van der Waals surface area contributed by atoms with E-state index < -0.39 is 0 Å². The van der Waals surface area contributed by atoms with Gasteiger partial charge in [0.25, 0.3) is 0 Å². The van der Waals surface area contributed by atoms with Crippen LogP contribution in [0.1, 0.15) is 18.0 Å². The average Bonchev–Trinajstić information content (AvgIpc) is 2.12. The lowest BCUT2D eigenvalue weighted by Crippen LogP contribution is -2.21. The lowest BCUT2D eigenvalue weighted by molar-refractivity contribution is 0.266. The Hall–Kier alpha value is 0.190. The third kappa shape index (κ3) is 1.71. The highest BCUT2D eigenvalue weighted by molar-refractivity contribution is 14.1. The van der Waals surface area contributed by atoms with Crippen LogP contribution < -0.4 is 10.5 Å². The van der Waals surface area contributed by atoms with Crippen molar-refractivity contribution in [3.05, 3.63) is 25.7 Å². The first-order valence-corrected chi connectivity index (χ1v) is 5.93. The minimum atomic E-state index is 0.130. The molecular weight excluding hydrogens is 345 g/mol. The van der Waals surface area contributed by atoms with Crippen LogP contribution in [-0.2, 0) is 0 Å². The molecule has 1 heterocycles. The van der Waals surface area contributed by atoms with Gasteiger partial charge in [0, 0.05) is 22.5 Å². The quantitative estimate of drug-likeness (QED) is 0.728. The van der Waals surface area contributed by atoms with Crippen LogP contribution in [0.15, 0.2) is 16.6 Å². The molecule has 70 valence electrons. The molecule has 1 aromatic carbocycles. The molecule has 0 saturated heterocycles. The fourth-order valence-corrected chi connectivity index (χ4v) is 2.39. The van der Waals surface area contributed by atoms with Gasteiger partial charge in [0.1, 0.15) is 5.75 Å². The fourth-order valence-electron chi connectivity index (χ4n) is 1.43. The molecule has 2 rings (SSSR count). The molecule has 0 spiro atoms. The van der Waals surface area contributed by atoms with E-state index in [4.69, 9.17) is 10.5 Å². The number of benzene rings is 1. The van der Waals surface area contributed by atoms with E-state index in [1.165, 1.54) is 0 Å². The summed E-state index contributed by atoms with van der Waals surface area (Å²) in [4.78, 5) is 0. The van der Waals surface area contributed by atoms with E-state index in [9.17, 15) is 0 Å². The van der Waals surface area contributed by atoms with Gasteiger partial charge in [-0.25, -0.2) is 0 Å². The molecule has 1 aromatic rings. The van der Waals surface area contributed by atoms with Gasteiger partial charge in [-0.3, -0.25) is 0 Å². The molecule has 0 radical (unpaired) electrons. The summed E-state index contributed by atoms with van der Waals surface area (Å²) >= 11 is 5.74. The maximum Gasteiger partial charge on any atom is 0.138 e. The summed E-state index contributed by atoms with van der Waals surface area (Å²) in [7, 11) is 0. The predicted octanol–water partition coefficient (Wildman–Crippen LogP) is 2.84. The first-order chi connectivity index (χ1) is 6.20. The Morgan fingerprint density at radius 3 is 3.08 bits per heavy atom. The average molecular weight is 354 g/mol. The van der Waals surface area contributed by atoms with E-state index >= 15 is 0 Å². The van der Waals surface area contributed by atoms with Crippen LogP contribution in [0.3, 0.4) is 0 Å². The third-order valence-electron chi connectivity index (χ3n) is 2.16. The van der Waals surface area contributed by atoms with Crippen LogP contribution >= 0.6 is 38.5 Å². The van der Waals surface area contributed by atoms with Crippen LogP contribution in [0.25, 0.3) is 0 Å². The lowest BCUT2D eigenvalue weighted by atomic mass is 10.0. The highest BCUT2D eigenvalue weighted by Crippen LogP contribution is 2.38. The number of rotatable bonds is 0. The summed E-state index contributed by atoms with van der Waals surface area (Å²) in [5.41, 5.74) is 7.09. The molecule has 1 aliphatic heterocycles. The highest BCUT2D eigenvalue weighted by Gasteiger charge is 2.21. The smallest absolute Gasteiger partial charge is 0.138 e. The minimum Gasteiger partial charge on any atom is -0.492 e. The van der Waals surface area contributed by atoms with Crippen molar-refractivity contribution in [2.24, 2.45) is 5.73 Å². The molecule has 13 heavy (non-hydrogen) atoms. The summed E-state index contributed by atoms with van der Waals surface area (Å²) in [6, 6.07) is 4.19. The van der Waals surface area contributed by atoms with Crippen molar-refractivity contribution in [3.63, 3.8) is 0 Å². The Morgan fingerprint density at radius 1 is 1.54 bits per heavy atom. The maximum atomic E-state index is 5.97. The third-order valence-corrected chi connectivity index (χ3v) is 4.63. The molecule has 1 unspecified atom stereocenters. The largest absolute Gasteiger partial charge is 0.492 e. The van der Waals surface area contributed by atoms with E-state index in [1.54, 1.807) is 0 Å². The summed E-state index contributed by atoms with van der Waals surface area (Å²) in [6.07, 6.45) is 0.907. The zero-order valence-electron chi connectivity index (χ0n) is 6.89. The molecule has 1 aliphatic rings. The van der Waals surface area contributed by atoms with E-state index in [0.29, 0.717) is 0 Å². The zero-order valence-corrected chi connectivity index (χ0v) is 10.6. The Labute approximate surface area is 99.1 Å². The number of nitrogens with two attached hydrogens (primary N) is 1. The van der Waals surface area contributed by atoms with Crippen LogP contribution in [0, 0.1) is 3.57 Å². The molecule has 0 aromatic heterocycles. The van der Waals surface area contributed by atoms with E-state index in [-0.39, 0.29) is 6.04 Å². The van der Waals surface area contributed by atoms with Crippen LogP contribution in [0.2, 0.25) is 0 Å². The monoisotopic (exact) mass is 353 g/mol. The molecule has 0 amide bonds. The molecule has 0 bridgehead atoms. The van der Waals surface area contributed by atoms with Gasteiger partial charge in [-0.15, -0.1) is 0 Å². The Kier molecular flexibility index (Phi) is 2.80. The fraction of sp³-hybridized carbons (Fsp3) is 0.333. The maximum absolute atomic E-state index is 5.97. The van der Waals surface area contributed by atoms with E-state index in [1.807, 2.05) is 12.1 Å². The summed E-state index contributed by atoms with van der Waals surface area (Å²) in [6.45, 7) is 0.723. The molecule has 1 atom stereocenters. The number of ether oxygens (including phenoxy) is 1. The Morgan fingerprint density at radius 2 is 2.31 bits per heavy atom. The van der Waals surface area contributed by atoms with Crippen molar-refractivity contribution < 1.29 is 4.74 Å². The topological polar surface area (TPSA) is 35.2 Å². The second-order valence-electron chi connectivity index (χ2n) is 3.02. The van der Waals surface area contributed by atoms with Crippen molar-refractivity contribution >= 4 is 38.5 Å². The standard InChI is InChI=1S/C9H9BrINO/c10-6-2-1-5-7(12)3-4-13-9(5)8(6)11/h1-2,7H,3-4,12H2. The van der Waals surface area contributed by atoms with Crippen LogP contribution in [0.4, 0.5) is 0 Å². The van der Waals surface area contributed by atoms with Gasteiger partial charge in [-0.05, 0) is 44.6 Å². The number of hydrogen-bond donors (Lipinski definition) is 1. The Balaban J connectivity index is 2.56. The number of halogens is 2. The summed E-state index contributed by atoms with van der Waals surface area (Å²) < 4.78 is 7.77. The second kappa shape index (κ2) is 3.74. The van der Waals surface area contributed by atoms with Crippen LogP contribution in [0.5, 0.6) is 5.75 Å². The van der Waals surface area contributed by atoms with Gasteiger partial charge in [0.15, 0.2) is 0 Å². The number of hydrogen-bond acceptors (Lipinski definition) is 2. The molecule has 0 fully saturated rings. The first kappa shape index (κ1) is 9.73. The highest BCUT2D eigenvalue weighted by atomic mass is 127. The molecule has 2 N–H and O–H groups in total. The Bertz CT molecular complexity index is 343. The van der Waals surface area contributed by atoms with Crippen molar-refractivity contribution in [3.8, 4) is 5.75 Å². The normalized spacial score (nSPS) is 20.7. The van der Waals surface area contributed by atoms with Gasteiger partial charge in [0.05, 0.1) is 10.2 Å². The summed E-state index contributed by atoms with van der Waals surface area (Å²) in [5.74, 6) is 0.953. The molecule has 4 heteroatoms. The SMILES string of the molecule is NC1CCOc2c1ccc(Br)c2I. The van der Waals surface area contributed by atoms with Crippen molar-refractivity contribution in [1.82, 2.24) is 0 Å². The van der Waals surface area contributed by atoms with Crippen molar-refractivity contribution in [2.45, 2.75) is 12.5 Å². The molecule has 2 nitrogen and oxygen atoms in total. The minimum absolute atomic E-state index is 0.130. The van der Waals surface area contributed by atoms with Crippen molar-refractivity contribution in [1.29, 1.82) is 0 Å². The van der Waals surface area contributed by atoms with E-state index in [2.05, 4.69) is 38.5 Å². The lowest BCUT2D eigenvalue weighted by Gasteiger charge is -2.24. The van der Waals surface area contributed by atoms with Gasteiger partial charge in [0.2, 0.25) is 0 Å². The molecule has 0 saturated carbocycles. The van der Waals surface area contributed by atoms with Crippen LogP contribution in [-0.4, -0.2) is 6.61 Å². The van der Waals surface area contributed by atoms with Gasteiger partial charge in [-0.2, -0.15) is 0 Å². The summed E-state index contributed by atoms with van der Waals surface area (Å²) in [5, 5.41) is 0. The second-order valence-corrected chi connectivity index (χ2v) is 4.96. The molecular formula is C9H9BrINO. The van der Waals surface area contributed by atoms with Gasteiger partial charge < -0.3 is 10.5 Å². The first-order valence-electron chi connectivity index (χ1n) is 4.06. The van der Waals surface area contributed by atoms with E-state index in [0.717, 1.165) is 32.4 Å². The zero-order chi connectivity index (χ0) is 9.42. The van der Waals surface area contributed by atoms with Gasteiger partial charge >= 0.3 is 0 Å². The molecule has 0 aliphatic carbocycles. The number of fused-ring (bicyclic) bond motifs is 1. The predicted molar refractivity (Wildman–Crippen MR) is 63.9 cm³/mol.